The summed E-state index contributed by atoms with van der Waals surface area (Å²) in [7, 11) is 0. The highest BCUT2D eigenvalue weighted by molar-refractivity contribution is 5.77. The van der Waals surface area contributed by atoms with Crippen LogP contribution in [0.5, 0.6) is 0 Å². The highest BCUT2D eigenvalue weighted by atomic mass is 16.5. The van der Waals surface area contributed by atoms with E-state index in [1.54, 1.807) is 0 Å². The van der Waals surface area contributed by atoms with Crippen molar-refractivity contribution >= 4 is 5.97 Å². The number of aryl methyl sites for hydroxylation is 1. The van der Waals surface area contributed by atoms with Gasteiger partial charge in [0.05, 0.1) is 6.61 Å². The van der Waals surface area contributed by atoms with Gasteiger partial charge in [0, 0.05) is 13.0 Å². The molecule has 1 aromatic carbocycles. The molecule has 0 aliphatic carbocycles. The van der Waals surface area contributed by atoms with Gasteiger partial charge in [0.25, 0.3) is 0 Å². The second-order valence-corrected chi connectivity index (χ2v) is 4.06. The lowest BCUT2D eigenvalue weighted by Gasteiger charge is -2.08. The minimum absolute atomic E-state index is 0.120. The third-order valence-electron chi connectivity index (χ3n) is 2.92. The van der Waals surface area contributed by atoms with Crippen LogP contribution < -0.4 is 5.32 Å². The van der Waals surface area contributed by atoms with Gasteiger partial charge >= 0.3 is 5.97 Å². The van der Waals surface area contributed by atoms with Gasteiger partial charge in [-0.3, -0.25) is 4.79 Å². The summed E-state index contributed by atoms with van der Waals surface area (Å²) in [6.07, 6.45) is 1.84. The Bertz CT molecular complexity index is 359. The number of cyclic esters (lactones) is 1. The Morgan fingerprint density at radius 3 is 2.56 bits per heavy atom. The number of esters is 1. The summed E-state index contributed by atoms with van der Waals surface area (Å²) in [6.45, 7) is 3.41. The zero-order valence-corrected chi connectivity index (χ0v) is 9.53. The summed E-state index contributed by atoms with van der Waals surface area (Å²) in [5.41, 5.74) is 2.54. The third kappa shape index (κ3) is 2.61. The second-order valence-electron chi connectivity index (χ2n) is 4.06. The molecule has 1 heterocycles. The molecule has 0 radical (unpaired) electrons. The van der Waals surface area contributed by atoms with Gasteiger partial charge in [0.15, 0.2) is 0 Å². The third-order valence-corrected chi connectivity index (χ3v) is 2.92. The van der Waals surface area contributed by atoms with Crippen LogP contribution in [0.4, 0.5) is 0 Å². The maximum absolute atomic E-state index is 11.2. The minimum Gasteiger partial charge on any atom is -0.464 e. The number of rotatable bonds is 4. The number of hydrogen-bond donors (Lipinski definition) is 1. The van der Waals surface area contributed by atoms with E-state index in [2.05, 4.69) is 36.5 Å². The van der Waals surface area contributed by atoms with Crippen LogP contribution in [0.1, 0.15) is 24.5 Å². The smallest absolute Gasteiger partial charge is 0.323 e. The van der Waals surface area contributed by atoms with Crippen LogP contribution in [0.3, 0.4) is 0 Å². The number of carbonyl (C=O) groups excluding carboxylic acids is 1. The fourth-order valence-electron chi connectivity index (χ4n) is 1.82. The molecule has 1 saturated heterocycles. The van der Waals surface area contributed by atoms with Gasteiger partial charge < -0.3 is 10.1 Å². The monoisotopic (exact) mass is 219 g/mol. The number of ether oxygens (including phenoxy) is 1. The van der Waals surface area contributed by atoms with E-state index in [1.807, 2.05) is 0 Å². The molecule has 2 rings (SSSR count). The Morgan fingerprint density at radius 2 is 2.00 bits per heavy atom. The van der Waals surface area contributed by atoms with E-state index >= 15 is 0 Å². The first-order chi connectivity index (χ1) is 7.79. The van der Waals surface area contributed by atoms with Gasteiger partial charge in [-0.2, -0.15) is 0 Å². The van der Waals surface area contributed by atoms with Crippen LogP contribution in [0, 0.1) is 0 Å². The fraction of sp³-hybridized carbons (Fsp3) is 0.462. The molecule has 1 fully saturated rings. The highest BCUT2D eigenvalue weighted by Gasteiger charge is 2.25. The quantitative estimate of drug-likeness (QED) is 0.783. The molecule has 0 saturated carbocycles. The number of carbonyl (C=O) groups is 1. The first kappa shape index (κ1) is 11.1. The van der Waals surface area contributed by atoms with Crippen LogP contribution >= 0.6 is 0 Å². The van der Waals surface area contributed by atoms with Crippen molar-refractivity contribution in [3.8, 4) is 0 Å². The van der Waals surface area contributed by atoms with E-state index in [9.17, 15) is 4.79 Å². The fourth-order valence-corrected chi connectivity index (χ4v) is 1.82. The average molecular weight is 219 g/mol. The molecule has 1 aromatic rings. The van der Waals surface area contributed by atoms with Crippen LogP contribution in [-0.4, -0.2) is 18.6 Å². The molecule has 0 aromatic heterocycles. The van der Waals surface area contributed by atoms with E-state index in [-0.39, 0.29) is 12.0 Å². The van der Waals surface area contributed by atoms with Crippen molar-refractivity contribution in [2.24, 2.45) is 0 Å². The van der Waals surface area contributed by atoms with E-state index < -0.39 is 0 Å². The summed E-state index contributed by atoms with van der Waals surface area (Å²) in [6, 6.07) is 8.34. The summed E-state index contributed by atoms with van der Waals surface area (Å²) < 4.78 is 4.89. The van der Waals surface area contributed by atoms with Crippen LogP contribution in [0.15, 0.2) is 24.3 Å². The standard InChI is InChI=1S/C13H17NO2/c1-2-10-3-5-11(6-4-10)9-14-12-7-8-16-13(12)15/h3-6,12,14H,2,7-9H2,1H3. The number of nitrogens with one attached hydrogen (secondary N) is 1. The van der Waals surface area contributed by atoms with Gasteiger partial charge in [-0.15, -0.1) is 0 Å². The molecule has 1 aliphatic heterocycles. The van der Waals surface area contributed by atoms with E-state index in [4.69, 9.17) is 4.74 Å². The second kappa shape index (κ2) is 5.12. The predicted octanol–water partition coefficient (Wildman–Crippen LogP) is 1.65. The molecule has 3 nitrogen and oxygen atoms in total. The van der Waals surface area contributed by atoms with Crippen molar-refractivity contribution in [1.29, 1.82) is 0 Å². The lowest BCUT2D eigenvalue weighted by atomic mass is 10.1. The molecule has 0 spiro atoms. The summed E-state index contributed by atoms with van der Waals surface area (Å²) in [4.78, 5) is 11.2. The largest absolute Gasteiger partial charge is 0.464 e. The van der Waals surface area contributed by atoms with Crippen LogP contribution in [0.2, 0.25) is 0 Å². The molecular formula is C13H17NO2. The van der Waals surface area contributed by atoms with Gasteiger partial charge in [-0.1, -0.05) is 31.2 Å². The van der Waals surface area contributed by atoms with Gasteiger partial charge in [-0.05, 0) is 17.5 Å². The van der Waals surface area contributed by atoms with Crippen molar-refractivity contribution in [3.05, 3.63) is 35.4 Å². The first-order valence-electron chi connectivity index (χ1n) is 5.77. The molecule has 0 amide bonds. The normalized spacial score (nSPS) is 19.8. The van der Waals surface area contributed by atoms with Gasteiger partial charge in [-0.25, -0.2) is 0 Å². The SMILES string of the molecule is CCc1ccc(CNC2CCOC2=O)cc1. The molecular weight excluding hydrogens is 202 g/mol. The zero-order valence-electron chi connectivity index (χ0n) is 9.53. The van der Waals surface area contributed by atoms with Crippen molar-refractivity contribution in [2.75, 3.05) is 6.61 Å². The predicted molar refractivity (Wildman–Crippen MR) is 62.0 cm³/mol. The number of hydrogen-bond acceptors (Lipinski definition) is 3. The Hall–Kier alpha value is -1.35. The van der Waals surface area contributed by atoms with Crippen LogP contribution in [-0.2, 0) is 22.5 Å². The molecule has 16 heavy (non-hydrogen) atoms. The van der Waals surface area contributed by atoms with Gasteiger partial charge in [0.1, 0.15) is 6.04 Å². The highest BCUT2D eigenvalue weighted by Crippen LogP contribution is 2.08. The molecule has 86 valence electrons. The molecule has 1 N–H and O–H groups in total. The van der Waals surface area contributed by atoms with Crippen molar-refractivity contribution in [2.45, 2.75) is 32.4 Å². The summed E-state index contributed by atoms with van der Waals surface area (Å²) in [5, 5.41) is 3.21. The average Bonchev–Trinajstić information content (AvgIpc) is 2.73. The first-order valence-corrected chi connectivity index (χ1v) is 5.77. The summed E-state index contributed by atoms with van der Waals surface area (Å²) >= 11 is 0. The molecule has 1 unspecified atom stereocenters. The molecule has 1 aliphatic rings. The maximum atomic E-state index is 11.2. The molecule has 0 bridgehead atoms. The maximum Gasteiger partial charge on any atom is 0.323 e. The van der Waals surface area contributed by atoms with E-state index in [0.29, 0.717) is 6.61 Å². The minimum atomic E-state index is -0.120. The zero-order chi connectivity index (χ0) is 11.4. The Kier molecular flexibility index (Phi) is 3.57. The van der Waals surface area contributed by atoms with E-state index in [0.717, 1.165) is 19.4 Å². The number of benzene rings is 1. The Balaban J connectivity index is 1.86. The summed E-state index contributed by atoms with van der Waals surface area (Å²) in [5.74, 6) is -0.120. The van der Waals surface area contributed by atoms with Crippen LogP contribution in [0.25, 0.3) is 0 Å². The lowest BCUT2D eigenvalue weighted by molar-refractivity contribution is -0.139. The van der Waals surface area contributed by atoms with Crippen molar-refractivity contribution in [3.63, 3.8) is 0 Å². The van der Waals surface area contributed by atoms with E-state index in [1.165, 1.54) is 11.1 Å². The van der Waals surface area contributed by atoms with Crippen molar-refractivity contribution in [1.82, 2.24) is 5.32 Å². The van der Waals surface area contributed by atoms with Gasteiger partial charge in [0.2, 0.25) is 0 Å². The Morgan fingerprint density at radius 1 is 1.31 bits per heavy atom. The lowest BCUT2D eigenvalue weighted by Crippen LogP contribution is -2.32. The topological polar surface area (TPSA) is 38.3 Å². The molecule has 3 heteroatoms. The molecule has 1 atom stereocenters. The Labute approximate surface area is 95.8 Å². The van der Waals surface area contributed by atoms with Crippen molar-refractivity contribution < 1.29 is 9.53 Å².